The van der Waals surface area contributed by atoms with Gasteiger partial charge in [-0.1, -0.05) is 29.8 Å². The van der Waals surface area contributed by atoms with Gasteiger partial charge in [-0.3, -0.25) is 0 Å². The van der Waals surface area contributed by atoms with E-state index in [4.69, 9.17) is 11.6 Å². The summed E-state index contributed by atoms with van der Waals surface area (Å²) in [6.07, 6.45) is 2.83. The highest BCUT2D eigenvalue weighted by Crippen LogP contribution is 2.25. The van der Waals surface area contributed by atoms with Gasteiger partial charge in [-0.05, 0) is 51.5 Å². The lowest BCUT2D eigenvalue weighted by molar-refractivity contribution is 0.140. The predicted octanol–water partition coefficient (Wildman–Crippen LogP) is 2.79. The molecule has 1 aliphatic heterocycles. The normalized spacial score (nSPS) is 21.6. The Bertz CT molecular complexity index is 427. The second kappa shape index (κ2) is 7.41. The molecule has 0 radical (unpaired) electrons. The molecule has 0 saturated carbocycles. The maximum Gasteiger partial charge on any atom is 0.0816 e. The Morgan fingerprint density at radius 1 is 1.45 bits per heavy atom. The van der Waals surface area contributed by atoms with Crippen molar-refractivity contribution in [1.82, 2.24) is 9.80 Å². The number of benzene rings is 1. The third kappa shape index (κ3) is 4.19. The van der Waals surface area contributed by atoms with E-state index in [1.807, 2.05) is 24.3 Å². The lowest BCUT2D eigenvalue weighted by atomic mass is 10.1. The Morgan fingerprint density at radius 2 is 2.20 bits per heavy atom. The van der Waals surface area contributed by atoms with Crippen LogP contribution in [0.15, 0.2) is 24.3 Å². The lowest BCUT2D eigenvalue weighted by Crippen LogP contribution is -2.37. The van der Waals surface area contributed by atoms with E-state index >= 15 is 0 Å². The zero-order valence-corrected chi connectivity index (χ0v) is 13.2. The van der Waals surface area contributed by atoms with Gasteiger partial charge in [0.1, 0.15) is 0 Å². The third-order valence-electron chi connectivity index (χ3n) is 4.24. The smallest absolute Gasteiger partial charge is 0.0816 e. The minimum absolute atomic E-state index is 0.479. The molecule has 0 bridgehead atoms. The predicted molar refractivity (Wildman–Crippen MR) is 84.2 cm³/mol. The van der Waals surface area contributed by atoms with Gasteiger partial charge in [0.15, 0.2) is 0 Å². The minimum atomic E-state index is -0.479. The maximum absolute atomic E-state index is 10.2. The van der Waals surface area contributed by atoms with Gasteiger partial charge in [-0.15, -0.1) is 0 Å². The Labute approximate surface area is 127 Å². The number of aliphatic hydroxyl groups excluding tert-OH is 1. The highest BCUT2D eigenvalue weighted by molar-refractivity contribution is 6.31. The van der Waals surface area contributed by atoms with Crippen molar-refractivity contribution in [2.75, 3.05) is 33.7 Å². The molecule has 4 heteroatoms. The first kappa shape index (κ1) is 15.8. The Hall–Kier alpha value is -0.610. The molecule has 112 valence electrons. The molecule has 0 amide bonds. The standard InChI is InChI=1S/C16H25ClN2O/c1-18(12-13-6-5-10-19(13)2)11-9-16(20)14-7-3-4-8-15(14)17/h3-4,7-8,13,16,20H,5-6,9-12H2,1-2H3. The van der Waals surface area contributed by atoms with E-state index < -0.39 is 6.10 Å². The van der Waals surface area contributed by atoms with Crippen molar-refractivity contribution in [2.45, 2.75) is 31.4 Å². The summed E-state index contributed by atoms with van der Waals surface area (Å²) in [4.78, 5) is 4.74. The first-order valence-electron chi connectivity index (χ1n) is 7.39. The highest BCUT2D eigenvalue weighted by atomic mass is 35.5. The van der Waals surface area contributed by atoms with Crippen LogP contribution in [-0.2, 0) is 0 Å². The first-order chi connectivity index (χ1) is 9.58. The van der Waals surface area contributed by atoms with Crippen LogP contribution < -0.4 is 0 Å². The second-order valence-corrected chi connectivity index (χ2v) is 6.27. The number of likely N-dealkylation sites (tertiary alicyclic amines) is 1. The molecule has 0 aromatic heterocycles. The van der Waals surface area contributed by atoms with Crippen LogP contribution in [0.2, 0.25) is 5.02 Å². The molecule has 0 spiro atoms. The molecule has 1 heterocycles. The van der Waals surface area contributed by atoms with Crippen LogP contribution in [0, 0.1) is 0 Å². The summed E-state index contributed by atoms with van der Waals surface area (Å²) in [5.41, 5.74) is 0.834. The molecular formula is C16H25ClN2O. The van der Waals surface area contributed by atoms with Crippen molar-refractivity contribution in [3.63, 3.8) is 0 Å². The van der Waals surface area contributed by atoms with Crippen molar-refractivity contribution in [3.05, 3.63) is 34.9 Å². The van der Waals surface area contributed by atoms with Crippen LogP contribution >= 0.6 is 11.6 Å². The molecule has 20 heavy (non-hydrogen) atoms. The largest absolute Gasteiger partial charge is 0.388 e. The van der Waals surface area contributed by atoms with Crippen molar-refractivity contribution in [1.29, 1.82) is 0 Å². The van der Waals surface area contributed by atoms with E-state index in [-0.39, 0.29) is 0 Å². The second-order valence-electron chi connectivity index (χ2n) is 5.86. The number of nitrogens with zero attached hydrogens (tertiary/aromatic N) is 2. The summed E-state index contributed by atoms with van der Waals surface area (Å²) >= 11 is 6.11. The molecule has 2 rings (SSSR count). The topological polar surface area (TPSA) is 26.7 Å². The molecule has 1 aromatic carbocycles. The molecule has 1 saturated heterocycles. The highest BCUT2D eigenvalue weighted by Gasteiger charge is 2.22. The fourth-order valence-electron chi connectivity index (χ4n) is 2.90. The van der Waals surface area contributed by atoms with Gasteiger partial charge in [-0.25, -0.2) is 0 Å². The molecule has 1 N–H and O–H groups in total. The first-order valence-corrected chi connectivity index (χ1v) is 7.77. The molecule has 1 aromatic rings. The fourth-order valence-corrected chi connectivity index (χ4v) is 3.17. The minimum Gasteiger partial charge on any atom is -0.388 e. The van der Waals surface area contributed by atoms with E-state index in [1.54, 1.807) is 0 Å². The summed E-state index contributed by atoms with van der Waals surface area (Å²) in [5, 5.41) is 10.9. The zero-order valence-electron chi connectivity index (χ0n) is 12.4. The Kier molecular flexibility index (Phi) is 5.85. The van der Waals surface area contributed by atoms with Crippen LogP contribution in [0.4, 0.5) is 0 Å². The Morgan fingerprint density at radius 3 is 2.85 bits per heavy atom. The number of aliphatic hydroxyl groups is 1. The third-order valence-corrected chi connectivity index (χ3v) is 4.59. The SMILES string of the molecule is CN(CCC(O)c1ccccc1Cl)CC1CCCN1C. The fraction of sp³-hybridized carbons (Fsp3) is 0.625. The summed E-state index contributed by atoms with van der Waals surface area (Å²) in [6, 6.07) is 8.20. The van der Waals surface area contributed by atoms with Crippen molar-refractivity contribution >= 4 is 11.6 Å². The van der Waals surface area contributed by atoms with Gasteiger partial charge in [0.05, 0.1) is 6.10 Å². The van der Waals surface area contributed by atoms with Gasteiger partial charge < -0.3 is 14.9 Å². The average Bonchev–Trinajstić information content (AvgIpc) is 2.82. The molecule has 2 atom stereocenters. The van der Waals surface area contributed by atoms with Crippen LogP contribution in [-0.4, -0.2) is 54.7 Å². The number of hydrogen-bond donors (Lipinski definition) is 1. The van der Waals surface area contributed by atoms with E-state index in [9.17, 15) is 5.11 Å². The quantitative estimate of drug-likeness (QED) is 0.874. The molecular weight excluding hydrogens is 272 g/mol. The summed E-state index contributed by atoms with van der Waals surface area (Å²) in [6.45, 7) is 3.17. The van der Waals surface area contributed by atoms with Gasteiger partial charge in [0.2, 0.25) is 0 Å². The monoisotopic (exact) mass is 296 g/mol. The number of halogens is 1. The van der Waals surface area contributed by atoms with Crippen LogP contribution in [0.3, 0.4) is 0 Å². The summed E-state index contributed by atoms with van der Waals surface area (Å²) < 4.78 is 0. The van der Waals surface area contributed by atoms with Crippen LogP contribution in [0.5, 0.6) is 0 Å². The lowest BCUT2D eigenvalue weighted by Gasteiger charge is -2.26. The van der Waals surface area contributed by atoms with Gasteiger partial charge in [0.25, 0.3) is 0 Å². The number of likely N-dealkylation sites (N-methyl/N-ethyl adjacent to an activating group) is 2. The number of rotatable bonds is 6. The maximum atomic E-state index is 10.2. The van der Waals surface area contributed by atoms with Crippen molar-refractivity contribution in [3.8, 4) is 0 Å². The van der Waals surface area contributed by atoms with Crippen molar-refractivity contribution in [2.24, 2.45) is 0 Å². The summed E-state index contributed by atoms with van der Waals surface area (Å²) in [7, 11) is 4.33. The van der Waals surface area contributed by atoms with E-state index in [1.165, 1.54) is 19.4 Å². The van der Waals surface area contributed by atoms with E-state index in [0.717, 1.165) is 25.1 Å². The van der Waals surface area contributed by atoms with Gasteiger partial charge in [0, 0.05) is 24.2 Å². The molecule has 2 unspecified atom stereocenters. The van der Waals surface area contributed by atoms with Crippen LogP contribution in [0.1, 0.15) is 30.9 Å². The van der Waals surface area contributed by atoms with Gasteiger partial charge in [-0.2, -0.15) is 0 Å². The summed E-state index contributed by atoms with van der Waals surface area (Å²) in [5.74, 6) is 0. The van der Waals surface area contributed by atoms with Crippen molar-refractivity contribution < 1.29 is 5.11 Å². The van der Waals surface area contributed by atoms with Crippen LogP contribution in [0.25, 0.3) is 0 Å². The Balaban J connectivity index is 1.78. The molecule has 3 nitrogen and oxygen atoms in total. The van der Waals surface area contributed by atoms with Gasteiger partial charge >= 0.3 is 0 Å². The number of hydrogen-bond acceptors (Lipinski definition) is 3. The van der Waals surface area contributed by atoms with E-state index in [0.29, 0.717) is 11.1 Å². The molecule has 0 aliphatic carbocycles. The average molecular weight is 297 g/mol. The zero-order chi connectivity index (χ0) is 14.5. The molecule has 1 aliphatic rings. The molecule has 1 fully saturated rings. The van der Waals surface area contributed by atoms with E-state index in [2.05, 4.69) is 23.9 Å².